The Kier molecular flexibility index (Phi) is 4.19. The monoisotopic (exact) mass is 277 g/mol. The molecular weight excluding hydrogens is 242 g/mol. The summed E-state index contributed by atoms with van der Waals surface area (Å²) in [7, 11) is 0. The summed E-state index contributed by atoms with van der Waals surface area (Å²) >= 11 is 0. The van der Waals surface area contributed by atoms with E-state index in [9.17, 15) is 0 Å². The van der Waals surface area contributed by atoms with Gasteiger partial charge in [0.15, 0.2) is 0 Å². The normalized spacial score (nSPS) is 47.4. The van der Waals surface area contributed by atoms with E-state index in [2.05, 4.69) is 20.8 Å². The van der Waals surface area contributed by atoms with E-state index < -0.39 is 0 Å². The summed E-state index contributed by atoms with van der Waals surface area (Å²) in [6.07, 6.45) is 12.9. The van der Waals surface area contributed by atoms with Crippen molar-refractivity contribution in [2.24, 2.45) is 40.7 Å². The van der Waals surface area contributed by atoms with Crippen LogP contribution < -0.4 is 5.73 Å². The quantitative estimate of drug-likeness (QED) is 0.756. The van der Waals surface area contributed by atoms with E-state index in [1.807, 2.05) is 0 Å². The molecule has 5 unspecified atom stereocenters. The average molecular weight is 277 g/mol. The van der Waals surface area contributed by atoms with Crippen LogP contribution in [0.4, 0.5) is 0 Å². The van der Waals surface area contributed by atoms with Crippen molar-refractivity contribution >= 4 is 0 Å². The van der Waals surface area contributed by atoms with Crippen LogP contribution in [0.25, 0.3) is 0 Å². The van der Waals surface area contributed by atoms with E-state index in [1.54, 1.807) is 0 Å². The predicted octanol–water partition coefficient (Wildman–Crippen LogP) is 4.99. The van der Waals surface area contributed by atoms with E-state index in [4.69, 9.17) is 5.73 Å². The van der Waals surface area contributed by atoms with Crippen LogP contribution in [0, 0.1) is 35.0 Å². The van der Waals surface area contributed by atoms with Gasteiger partial charge in [0.05, 0.1) is 0 Å². The maximum atomic E-state index is 6.22. The first-order chi connectivity index (χ1) is 9.51. The number of hydrogen-bond donors (Lipinski definition) is 1. The first-order valence-corrected chi connectivity index (χ1v) is 9.27. The van der Waals surface area contributed by atoms with Gasteiger partial charge in [-0.25, -0.2) is 0 Å². The first kappa shape index (κ1) is 14.9. The van der Waals surface area contributed by atoms with Crippen molar-refractivity contribution in [3.63, 3.8) is 0 Å². The third kappa shape index (κ3) is 2.67. The SMILES string of the molecule is CCCC1CC2CCC3C[C@H](N)CCC3C2CC1(C)C. The fourth-order valence-electron chi connectivity index (χ4n) is 6.14. The number of nitrogens with two attached hydrogens (primary N) is 1. The lowest BCUT2D eigenvalue weighted by Gasteiger charge is -2.55. The summed E-state index contributed by atoms with van der Waals surface area (Å²) in [5.74, 6) is 5.06. The maximum absolute atomic E-state index is 6.22. The molecule has 1 heteroatoms. The average Bonchev–Trinajstić information content (AvgIpc) is 2.39. The van der Waals surface area contributed by atoms with Gasteiger partial charge in [0.1, 0.15) is 0 Å². The summed E-state index contributed by atoms with van der Waals surface area (Å²) in [4.78, 5) is 0. The summed E-state index contributed by atoms with van der Waals surface area (Å²) in [6.45, 7) is 7.48. The van der Waals surface area contributed by atoms with Crippen LogP contribution in [0.3, 0.4) is 0 Å². The zero-order chi connectivity index (χ0) is 14.3. The highest BCUT2D eigenvalue weighted by Gasteiger charge is 2.48. The summed E-state index contributed by atoms with van der Waals surface area (Å²) < 4.78 is 0. The van der Waals surface area contributed by atoms with Gasteiger partial charge >= 0.3 is 0 Å². The molecule has 3 aliphatic carbocycles. The zero-order valence-electron chi connectivity index (χ0n) is 13.9. The van der Waals surface area contributed by atoms with Crippen LogP contribution in [0.1, 0.15) is 78.6 Å². The van der Waals surface area contributed by atoms with Crippen LogP contribution >= 0.6 is 0 Å². The molecule has 0 saturated heterocycles. The molecule has 20 heavy (non-hydrogen) atoms. The topological polar surface area (TPSA) is 26.0 Å². The molecule has 3 saturated carbocycles. The molecular formula is C19H35N. The van der Waals surface area contributed by atoms with E-state index in [1.165, 1.54) is 57.8 Å². The van der Waals surface area contributed by atoms with Crippen LogP contribution in [0.5, 0.6) is 0 Å². The Labute approximate surface area is 126 Å². The Morgan fingerprint density at radius 1 is 0.950 bits per heavy atom. The Balaban J connectivity index is 1.73. The fourth-order valence-corrected chi connectivity index (χ4v) is 6.14. The Bertz CT molecular complexity index is 335. The molecule has 3 rings (SSSR count). The lowest BCUT2D eigenvalue weighted by molar-refractivity contribution is -0.0474. The van der Waals surface area contributed by atoms with Crippen LogP contribution in [0.2, 0.25) is 0 Å². The van der Waals surface area contributed by atoms with Gasteiger partial charge in [0.2, 0.25) is 0 Å². The van der Waals surface area contributed by atoms with Crippen LogP contribution in [-0.2, 0) is 0 Å². The van der Waals surface area contributed by atoms with Crippen LogP contribution in [-0.4, -0.2) is 6.04 Å². The zero-order valence-corrected chi connectivity index (χ0v) is 13.9. The van der Waals surface area contributed by atoms with Crippen LogP contribution in [0.15, 0.2) is 0 Å². The lowest BCUT2D eigenvalue weighted by Crippen LogP contribution is -2.47. The number of fused-ring (bicyclic) bond motifs is 3. The standard InChI is InChI=1S/C19H35N/c1-4-5-15-10-13-6-7-14-11-16(20)8-9-17(14)18(13)12-19(15,2)3/h13-18H,4-12,20H2,1-3H3/t13?,14?,15?,16-,17?,18?/m1/s1. The molecule has 0 radical (unpaired) electrons. The molecule has 0 heterocycles. The van der Waals surface area contributed by atoms with Gasteiger partial charge < -0.3 is 5.73 Å². The van der Waals surface area contributed by atoms with Gasteiger partial charge in [-0.05, 0) is 80.0 Å². The van der Waals surface area contributed by atoms with Gasteiger partial charge in [0.25, 0.3) is 0 Å². The Morgan fingerprint density at radius 3 is 2.35 bits per heavy atom. The van der Waals surface area contributed by atoms with Crippen molar-refractivity contribution in [3.8, 4) is 0 Å². The molecule has 0 aromatic rings. The van der Waals surface area contributed by atoms with E-state index in [-0.39, 0.29) is 0 Å². The molecule has 0 bridgehead atoms. The molecule has 116 valence electrons. The molecule has 0 aliphatic heterocycles. The molecule has 0 aromatic heterocycles. The highest BCUT2D eigenvalue weighted by molar-refractivity contribution is 4.99. The van der Waals surface area contributed by atoms with Crippen molar-refractivity contribution in [1.29, 1.82) is 0 Å². The third-order valence-corrected chi connectivity index (χ3v) is 7.24. The highest BCUT2D eigenvalue weighted by Crippen LogP contribution is 2.57. The van der Waals surface area contributed by atoms with Crippen molar-refractivity contribution in [2.45, 2.75) is 84.6 Å². The van der Waals surface area contributed by atoms with E-state index in [0.717, 1.165) is 29.6 Å². The molecule has 3 aliphatic rings. The van der Waals surface area contributed by atoms with Crippen molar-refractivity contribution < 1.29 is 0 Å². The van der Waals surface area contributed by atoms with E-state index >= 15 is 0 Å². The lowest BCUT2D eigenvalue weighted by atomic mass is 9.51. The second kappa shape index (κ2) is 5.63. The van der Waals surface area contributed by atoms with Crippen molar-refractivity contribution in [2.75, 3.05) is 0 Å². The molecule has 0 amide bonds. The molecule has 2 N–H and O–H groups in total. The van der Waals surface area contributed by atoms with Gasteiger partial charge in [-0.3, -0.25) is 0 Å². The molecule has 3 fully saturated rings. The summed E-state index contributed by atoms with van der Waals surface area (Å²) in [5, 5.41) is 0. The third-order valence-electron chi connectivity index (χ3n) is 7.24. The summed E-state index contributed by atoms with van der Waals surface area (Å²) in [5.41, 5.74) is 6.81. The van der Waals surface area contributed by atoms with Gasteiger partial charge in [-0.1, -0.05) is 33.6 Å². The Hall–Kier alpha value is -0.0400. The minimum absolute atomic E-state index is 0.511. The maximum Gasteiger partial charge on any atom is 0.00416 e. The molecule has 1 nitrogen and oxygen atoms in total. The fraction of sp³-hybridized carbons (Fsp3) is 1.00. The number of rotatable bonds is 2. The predicted molar refractivity (Wildman–Crippen MR) is 86.4 cm³/mol. The van der Waals surface area contributed by atoms with Gasteiger partial charge in [-0.2, -0.15) is 0 Å². The second-order valence-corrected chi connectivity index (χ2v) is 8.91. The minimum Gasteiger partial charge on any atom is -0.328 e. The largest absolute Gasteiger partial charge is 0.328 e. The molecule has 6 atom stereocenters. The summed E-state index contributed by atoms with van der Waals surface area (Å²) in [6, 6.07) is 0.511. The molecule has 0 aromatic carbocycles. The highest BCUT2D eigenvalue weighted by atomic mass is 14.7. The Morgan fingerprint density at radius 2 is 1.65 bits per heavy atom. The molecule has 0 spiro atoms. The second-order valence-electron chi connectivity index (χ2n) is 8.91. The first-order valence-electron chi connectivity index (χ1n) is 9.27. The van der Waals surface area contributed by atoms with Gasteiger partial charge in [-0.15, -0.1) is 0 Å². The van der Waals surface area contributed by atoms with Gasteiger partial charge in [0, 0.05) is 6.04 Å². The van der Waals surface area contributed by atoms with Crippen molar-refractivity contribution in [3.05, 3.63) is 0 Å². The van der Waals surface area contributed by atoms with E-state index in [0.29, 0.717) is 11.5 Å². The minimum atomic E-state index is 0.511. The smallest absolute Gasteiger partial charge is 0.00416 e. The van der Waals surface area contributed by atoms with Crippen molar-refractivity contribution in [1.82, 2.24) is 0 Å². The number of hydrogen-bond acceptors (Lipinski definition) is 1.